The van der Waals surface area contributed by atoms with Gasteiger partial charge in [0.25, 0.3) is 12.0 Å². The molecule has 16 heavy (non-hydrogen) atoms. The van der Waals surface area contributed by atoms with Gasteiger partial charge in [0, 0.05) is 18.9 Å². The van der Waals surface area contributed by atoms with Crippen LogP contribution in [0.25, 0.3) is 0 Å². The van der Waals surface area contributed by atoms with Crippen molar-refractivity contribution in [1.29, 1.82) is 0 Å². The van der Waals surface area contributed by atoms with Gasteiger partial charge < -0.3 is 9.88 Å². The van der Waals surface area contributed by atoms with Crippen LogP contribution in [0, 0.1) is 5.92 Å². The average molecular weight is 231 g/mol. The van der Waals surface area contributed by atoms with Gasteiger partial charge in [0.15, 0.2) is 5.82 Å². The van der Waals surface area contributed by atoms with E-state index in [0.29, 0.717) is 12.5 Å². The number of hydrogen-bond donors (Lipinski definition) is 1. The zero-order chi connectivity index (χ0) is 12.1. The number of alkyl halides is 2. The summed E-state index contributed by atoms with van der Waals surface area (Å²) < 4.78 is 25.4. The maximum absolute atomic E-state index is 12.0. The minimum atomic E-state index is -2.50. The molecule has 0 fully saturated rings. The highest BCUT2D eigenvalue weighted by atomic mass is 19.3. The molecule has 0 aromatic carbocycles. The van der Waals surface area contributed by atoms with E-state index in [9.17, 15) is 13.6 Å². The fourth-order valence-corrected chi connectivity index (χ4v) is 1.28. The maximum atomic E-state index is 12.0. The highest BCUT2D eigenvalue weighted by molar-refractivity contribution is 5.30. The van der Waals surface area contributed by atoms with Crippen molar-refractivity contribution in [2.75, 3.05) is 11.9 Å². The van der Waals surface area contributed by atoms with Crippen LogP contribution in [0.3, 0.4) is 0 Å². The van der Waals surface area contributed by atoms with Crippen LogP contribution >= 0.6 is 0 Å². The van der Waals surface area contributed by atoms with Gasteiger partial charge in [0.2, 0.25) is 0 Å². The molecule has 0 spiro atoms. The van der Waals surface area contributed by atoms with Crippen LogP contribution < -0.4 is 10.9 Å². The van der Waals surface area contributed by atoms with Gasteiger partial charge in [0.1, 0.15) is 0 Å². The highest BCUT2D eigenvalue weighted by Gasteiger charge is 2.08. The molecule has 1 aromatic rings. The first-order chi connectivity index (χ1) is 7.50. The van der Waals surface area contributed by atoms with E-state index in [4.69, 9.17) is 0 Å². The summed E-state index contributed by atoms with van der Waals surface area (Å²) in [4.78, 5) is 15.5. The number of nitrogens with one attached hydrogen (secondary N) is 1. The van der Waals surface area contributed by atoms with Crippen molar-refractivity contribution in [3.8, 4) is 0 Å². The number of anilines is 1. The van der Waals surface area contributed by atoms with Crippen molar-refractivity contribution in [2.45, 2.75) is 26.8 Å². The van der Waals surface area contributed by atoms with E-state index >= 15 is 0 Å². The Morgan fingerprint density at radius 2 is 2.19 bits per heavy atom. The summed E-state index contributed by atoms with van der Waals surface area (Å²) in [6, 6.07) is 0. The van der Waals surface area contributed by atoms with Gasteiger partial charge in [-0.1, -0.05) is 13.8 Å². The Morgan fingerprint density at radius 1 is 1.50 bits per heavy atom. The number of nitrogens with zero attached hydrogens (tertiary/aromatic N) is 2. The van der Waals surface area contributed by atoms with Crippen LogP contribution in [0.15, 0.2) is 17.2 Å². The van der Waals surface area contributed by atoms with Gasteiger partial charge in [-0.2, -0.15) is 0 Å². The zero-order valence-electron chi connectivity index (χ0n) is 9.28. The van der Waals surface area contributed by atoms with E-state index in [1.54, 1.807) is 6.20 Å². The second-order valence-corrected chi connectivity index (χ2v) is 3.90. The van der Waals surface area contributed by atoms with Crippen LogP contribution in [0.1, 0.15) is 13.8 Å². The number of halogens is 2. The Morgan fingerprint density at radius 3 is 2.75 bits per heavy atom. The van der Waals surface area contributed by atoms with Gasteiger partial charge >= 0.3 is 0 Å². The topological polar surface area (TPSA) is 46.9 Å². The molecule has 0 aliphatic carbocycles. The first-order valence-electron chi connectivity index (χ1n) is 5.08. The minimum absolute atomic E-state index is 0.0246. The molecule has 0 bridgehead atoms. The molecule has 1 aromatic heterocycles. The van der Waals surface area contributed by atoms with Crippen LogP contribution in [0.5, 0.6) is 0 Å². The molecular formula is C10H15F2N3O. The van der Waals surface area contributed by atoms with E-state index in [0.717, 1.165) is 0 Å². The summed E-state index contributed by atoms with van der Waals surface area (Å²) >= 11 is 0. The quantitative estimate of drug-likeness (QED) is 0.836. The largest absolute Gasteiger partial charge is 0.360 e. The van der Waals surface area contributed by atoms with Crippen molar-refractivity contribution in [3.63, 3.8) is 0 Å². The lowest BCUT2D eigenvalue weighted by Crippen LogP contribution is -2.27. The SMILES string of the molecule is CC(C)Cn1ccnc(NCC(F)F)c1=O. The molecule has 0 saturated carbocycles. The molecule has 1 heterocycles. The minimum Gasteiger partial charge on any atom is -0.360 e. The summed E-state index contributed by atoms with van der Waals surface area (Å²) in [6.07, 6.45) is 0.480. The third-order valence-electron chi connectivity index (χ3n) is 1.90. The highest BCUT2D eigenvalue weighted by Crippen LogP contribution is 1.99. The lowest BCUT2D eigenvalue weighted by molar-refractivity contribution is 0.163. The van der Waals surface area contributed by atoms with Crippen LogP contribution in [-0.2, 0) is 6.54 Å². The fraction of sp³-hybridized carbons (Fsp3) is 0.600. The standard InChI is InChI=1S/C10H15F2N3O/c1-7(2)6-15-4-3-13-9(10(15)16)14-5-8(11)12/h3-4,7-8H,5-6H2,1-2H3,(H,13,14). The van der Waals surface area contributed by atoms with Gasteiger partial charge in [-0.25, -0.2) is 13.8 Å². The molecule has 0 saturated heterocycles. The molecular weight excluding hydrogens is 216 g/mol. The molecule has 0 atom stereocenters. The van der Waals surface area contributed by atoms with Crippen LogP contribution in [0.2, 0.25) is 0 Å². The van der Waals surface area contributed by atoms with Gasteiger partial charge in [-0.15, -0.1) is 0 Å². The predicted octanol–water partition coefficient (Wildman–Crippen LogP) is 1.58. The average Bonchev–Trinajstić information content (AvgIpc) is 2.18. The molecule has 1 rings (SSSR count). The molecule has 0 aliphatic heterocycles. The Labute approximate surface area is 92.3 Å². The lowest BCUT2D eigenvalue weighted by Gasteiger charge is -2.10. The Kier molecular flexibility index (Phi) is 4.39. The molecule has 90 valence electrons. The normalized spacial score (nSPS) is 11.1. The maximum Gasteiger partial charge on any atom is 0.293 e. The summed E-state index contributed by atoms with van der Waals surface area (Å²) in [5.74, 6) is 0.284. The van der Waals surface area contributed by atoms with E-state index in [2.05, 4.69) is 10.3 Å². The molecule has 0 unspecified atom stereocenters. The monoisotopic (exact) mass is 231 g/mol. The summed E-state index contributed by atoms with van der Waals surface area (Å²) in [5, 5.41) is 2.33. The molecule has 0 radical (unpaired) electrons. The third kappa shape index (κ3) is 3.60. The van der Waals surface area contributed by atoms with E-state index in [1.807, 2.05) is 13.8 Å². The lowest BCUT2D eigenvalue weighted by atomic mass is 10.2. The summed E-state index contributed by atoms with van der Waals surface area (Å²) in [5.41, 5.74) is -0.364. The zero-order valence-corrected chi connectivity index (χ0v) is 9.28. The Balaban J connectivity index is 2.82. The van der Waals surface area contributed by atoms with Gasteiger partial charge in [0.05, 0.1) is 6.54 Å². The van der Waals surface area contributed by atoms with Gasteiger partial charge in [-0.3, -0.25) is 4.79 Å². The summed E-state index contributed by atoms with van der Waals surface area (Å²) in [7, 11) is 0. The number of hydrogen-bond acceptors (Lipinski definition) is 3. The van der Waals surface area contributed by atoms with E-state index < -0.39 is 13.0 Å². The van der Waals surface area contributed by atoms with Crippen molar-refractivity contribution in [3.05, 3.63) is 22.7 Å². The second kappa shape index (κ2) is 5.58. The predicted molar refractivity (Wildman–Crippen MR) is 57.8 cm³/mol. The van der Waals surface area contributed by atoms with Crippen LogP contribution in [0.4, 0.5) is 14.6 Å². The first kappa shape index (κ1) is 12.6. The van der Waals surface area contributed by atoms with Crippen LogP contribution in [-0.4, -0.2) is 22.5 Å². The molecule has 1 N–H and O–H groups in total. The Hall–Kier alpha value is -1.46. The fourth-order valence-electron chi connectivity index (χ4n) is 1.28. The first-order valence-corrected chi connectivity index (χ1v) is 5.08. The van der Waals surface area contributed by atoms with E-state index in [-0.39, 0.29) is 11.4 Å². The van der Waals surface area contributed by atoms with E-state index in [1.165, 1.54) is 10.8 Å². The number of rotatable bonds is 5. The smallest absolute Gasteiger partial charge is 0.293 e. The third-order valence-corrected chi connectivity index (χ3v) is 1.90. The van der Waals surface area contributed by atoms with Crippen molar-refractivity contribution in [2.24, 2.45) is 5.92 Å². The molecule has 4 nitrogen and oxygen atoms in total. The van der Waals surface area contributed by atoms with Crippen molar-refractivity contribution >= 4 is 5.82 Å². The molecule has 0 amide bonds. The Bertz CT molecular complexity index is 390. The van der Waals surface area contributed by atoms with Crippen molar-refractivity contribution in [1.82, 2.24) is 9.55 Å². The molecule has 6 heteroatoms. The second-order valence-electron chi connectivity index (χ2n) is 3.90. The molecule has 0 aliphatic rings. The summed E-state index contributed by atoms with van der Waals surface area (Å²) in [6.45, 7) is 3.93. The van der Waals surface area contributed by atoms with Gasteiger partial charge in [-0.05, 0) is 5.92 Å². The number of aromatic nitrogens is 2. The van der Waals surface area contributed by atoms with Crippen molar-refractivity contribution < 1.29 is 8.78 Å².